The summed E-state index contributed by atoms with van der Waals surface area (Å²) in [5, 5.41) is 11.1. The van der Waals surface area contributed by atoms with Gasteiger partial charge in [0.15, 0.2) is 16.7 Å². The molecule has 1 atom stereocenters. The third-order valence-corrected chi connectivity index (χ3v) is 6.07. The Morgan fingerprint density at radius 1 is 1.13 bits per heavy atom. The lowest BCUT2D eigenvalue weighted by Crippen LogP contribution is -2.30. The van der Waals surface area contributed by atoms with Gasteiger partial charge in [0, 0.05) is 0 Å². The fraction of sp³-hybridized carbons (Fsp3) is 0.0870. The number of rotatable bonds is 4. The van der Waals surface area contributed by atoms with Gasteiger partial charge in [-0.05, 0) is 42.3 Å². The third-order valence-electron chi connectivity index (χ3n) is 5.05. The zero-order valence-electron chi connectivity index (χ0n) is 15.9. The van der Waals surface area contributed by atoms with Crippen molar-refractivity contribution in [1.82, 2.24) is 4.98 Å². The van der Waals surface area contributed by atoms with Crippen LogP contribution in [0.4, 0.5) is 5.13 Å². The van der Waals surface area contributed by atoms with Crippen molar-refractivity contribution >= 4 is 38.4 Å². The van der Waals surface area contributed by atoms with Crippen LogP contribution >= 0.6 is 11.3 Å². The number of hydrogen-bond donors (Lipinski definition) is 1. The molecule has 1 aliphatic heterocycles. The zero-order valence-corrected chi connectivity index (χ0v) is 16.7. The Morgan fingerprint density at radius 3 is 2.67 bits per heavy atom. The molecule has 0 saturated carbocycles. The number of benzene rings is 2. The summed E-state index contributed by atoms with van der Waals surface area (Å²) in [5.74, 6) is -1.71. The molecule has 3 heterocycles. The standard InChI is InChI=1S/C23H16N2O4S/c1-13-9-10-15-17(12-13)30-23(24-15)25-19(14-6-3-2-4-7-14)18(21(27)22(25)28)20(26)16-8-5-11-29-16/h2-12,19,27H,1H3/t19-/m0/s1. The monoisotopic (exact) mass is 416 g/mol. The first kappa shape index (κ1) is 18.3. The van der Waals surface area contributed by atoms with Crippen molar-refractivity contribution in [2.75, 3.05) is 4.90 Å². The van der Waals surface area contributed by atoms with Gasteiger partial charge in [0.1, 0.15) is 0 Å². The second kappa shape index (κ2) is 6.96. The van der Waals surface area contributed by atoms with E-state index in [2.05, 4.69) is 4.98 Å². The topological polar surface area (TPSA) is 83.6 Å². The summed E-state index contributed by atoms with van der Waals surface area (Å²) >= 11 is 1.35. The van der Waals surface area contributed by atoms with Crippen molar-refractivity contribution in [3.05, 3.63) is 95.1 Å². The average Bonchev–Trinajstić information content (AvgIpc) is 3.47. The molecule has 4 aromatic rings. The Morgan fingerprint density at radius 2 is 1.93 bits per heavy atom. The maximum atomic E-state index is 13.1. The van der Waals surface area contributed by atoms with Crippen LogP contribution in [0.25, 0.3) is 10.2 Å². The Kier molecular flexibility index (Phi) is 4.25. The molecule has 5 rings (SSSR count). The van der Waals surface area contributed by atoms with Crippen LogP contribution in [0.5, 0.6) is 0 Å². The van der Waals surface area contributed by atoms with Gasteiger partial charge in [0.05, 0.1) is 28.1 Å². The number of carbonyl (C=O) groups is 2. The molecule has 1 aliphatic rings. The molecule has 0 radical (unpaired) electrons. The van der Waals surface area contributed by atoms with Gasteiger partial charge in [-0.1, -0.05) is 47.7 Å². The molecular weight excluding hydrogens is 400 g/mol. The second-order valence-corrected chi connectivity index (χ2v) is 8.03. The first-order chi connectivity index (χ1) is 14.5. The van der Waals surface area contributed by atoms with Crippen LogP contribution in [0.2, 0.25) is 0 Å². The molecule has 148 valence electrons. The Labute approximate surface area is 175 Å². The lowest BCUT2D eigenvalue weighted by Gasteiger charge is -2.24. The highest BCUT2D eigenvalue weighted by molar-refractivity contribution is 7.22. The molecule has 0 unspecified atom stereocenters. The number of anilines is 1. The van der Waals surface area contributed by atoms with E-state index >= 15 is 0 Å². The number of thiazole rings is 1. The largest absolute Gasteiger partial charge is 0.503 e. The van der Waals surface area contributed by atoms with E-state index in [-0.39, 0.29) is 11.3 Å². The minimum absolute atomic E-state index is 0.0170. The Balaban J connectivity index is 1.68. The highest BCUT2D eigenvalue weighted by Gasteiger charge is 2.46. The van der Waals surface area contributed by atoms with Gasteiger partial charge in [-0.25, -0.2) is 4.98 Å². The number of nitrogens with zero attached hydrogens (tertiary/aromatic N) is 2. The van der Waals surface area contributed by atoms with E-state index in [1.807, 2.05) is 55.5 Å². The molecule has 30 heavy (non-hydrogen) atoms. The fourth-order valence-electron chi connectivity index (χ4n) is 3.65. The van der Waals surface area contributed by atoms with Crippen molar-refractivity contribution in [3.63, 3.8) is 0 Å². The molecule has 0 aliphatic carbocycles. The fourth-order valence-corrected chi connectivity index (χ4v) is 4.74. The predicted octanol–water partition coefficient (Wildman–Crippen LogP) is 4.98. The molecule has 2 aromatic heterocycles. The highest BCUT2D eigenvalue weighted by atomic mass is 32.1. The molecule has 0 fully saturated rings. The molecule has 0 bridgehead atoms. The smallest absolute Gasteiger partial charge is 0.296 e. The number of fused-ring (bicyclic) bond motifs is 1. The number of hydrogen-bond acceptors (Lipinski definition) is 6. The maximum Gasteiger partial charge on any atom is 0.296 e. The summed E-state index contributed by atoms with van der Waals surface area (Å²) in [5.41, 5.74) is 2.52. The summed E-state index contributed by atoms with van der Waals surface area (Å²) in [6.45, 7) is 1.99. The number of ketones is 1. The number of furan rings is 1. The van der Waals surface area contributed by atoms with Crippen molar-refractivity contribution in [2.45, 2.75) is 13.0 Å². The highest BCUT2D eigenvalue weighted by Crippen LogP contribution is 2.44. The van der Waals surface area contributed by atoms with Crippen LogP contribution in [-0.2, 0) is 4.79 Å². The number of Topliss-reactive ketones (excluding diaryl/α,β-unsaturated/α-hetero) is 1. The lowest BCUT2D eigenvalue weighted by atomic mass is 9.95. The van der Waals surface area contributed by atoms with Crippen LogP contribution in [0.3, 0.4) is 0 Å². The molecule has 7 heteroatoms. The minimum atomic E-state index is -0.807. The average molecular weight is 416 g/mol. The van der Waals surface area contributed by atoms with Crippen molar-refractivity contribution in [2.24, 2.45) is 0 Å². The van der Waals surface area contributed by atoms with Crippen LogP contribution in [0, 0.1) is 6.92 Å². The Bertz CT molecular complexity index is 1310. The summed E-state index contributed by atoms with van der Waals surface area (Å²) < 4.78 is 6.17. The van der Waals surface area contributed by atoms with Crippen molar-refractivity contribution in [3.8, 4) is 0 Å². The van der Waals surface area contributed by atoms with E-state index in [1.165, 1.54) is 28.6 Å². The van der Waals surface area contributed by atoms with Crippen LogP contribution in [0.1, 0.15) is 27.7 Å². The minimum Gasteiger partial charge on any atom is -0.503 e. The molecule has 0 spiro atoms. The van der Waals surface area contributed by atoms with Crippen LogP contribution < -0.4 is 4.90 Å². The first-order valence-electron chi connectivity index (χ1n) is 9.31. The summed E-state index contributed by atoms with van der Waals surface area (Å²) in [7, 11) is 0. The van der Waals surface area contributed by atoms with Gasteiger partial charge in [-0.3, -0.25) is 14.5 Å². The SMILES string of the molecule is Cc1ccc2nc(N3C(=O)C(O)=C(C(=O)c4ccco4)[C@@H]3c3ccccc3)sc2c1. The molecule has 6 nitrogen and oxygen atoms in total. The Hall–Kier alpha value is -3.71. The van der Waals surface area contributed by atoms with Gasteiger partial charge >= 0.3 is 0 Å². The van der Waals surface area contributed by atoms with Gasteiger partial charge in [-0.15, -0.1) is 0 Å². The van der Waals surface area contributed by atoms with Gasteiger partial charge in [-0.2, -0.15) is 0 Å². The molecule has 1 amide bonds. The first-order valence-corrected chi connectivity index (χ1v) is 10.1. The number of aliphatic hydroxyl groups is 1. The second-order valence-electron chi connectivity index (χ2n) is 7.02. The van der Waals surface area contributed by atoms with Crippen LogP contribution in [-0.4, -0.2) is 21.8 Å². The quantitative estimate of drug-likeness (QED) is 0.474. The van der Waals surface area contributed by atoms with E-state index in [9.17, 15) is 14.7 Å². The number of aliphatic hydroxyl groups excluding tert-OH is 1. The van der Waals surface area contributed by atoms with Crippen molar-refractivity contribution < 1.29 is 19.1 Å². The number of aromatic nitrogens is 1. The van der Waals surface area contributed by atoms with Gasteiger partial charge < -0.3 is 9.52 Å². The molecule has 2 aromatic carbocycles. The van der Waals surface area contributed by atoms with Gasteiger partial charge in [0.25, 0.3) is 5.91 Å². The molecule has 1 N–H and O–H groups in total. The van der Waals surface area contributed by atoms with E-state index < -0.39 is 23.5 Å². The normalized spacial score (nSPS) is 16.6. The van der Waals surface area contributed by atoms with Gasteiger partial charge in [0.2, 0.25) is 5.78 Å². The molecular formula is C23H16N2O4S. The van der Waals surface area contributed by atoms with E-state index in [0.29, 0.717) is 10.7 Å². The predicted molar refractivity (Wildman–Crippen MR) is 114 cm³/mol. The number of amides is 1. The third kappa shape index (κ3) is 2.83. The zero-order chi connectivity index (χ0) is 20.8. The van der Waals surface area contributed by atoms with Crippen LogP contribution in [0.15, 0.2) is 82.7 Å². The number of aryl methyl sites for hydroxylation is 1. The maximum absolute atomic E-state index is 13.1. The van der Waals surface area contributed by atoms with Crippen molar-refractivity contribution in [1.29, 1.82) is 0 Å². The van der Waals surface area contributed by atoms with E-state index in [0.717, 1.165) is 15.8 Å². The summed E-state index contributed by atoms with van der Waals surface area (Å²) in [6.07, 6.45) is 1.38. The summed E-state index contributed by atoms with van der Waals surface area (Å²) in [4.78, 5) is 32.2. The van der Waals surface area contributed by atoms with E-state index in [1.54, 1.807) is 6.07 Å². The van der Waals surface area contributed by atoms with E-state index in [4.69, 9.17) is 4.42 Å². The summed E-state index contributed by atoms with van der Waals surface area (Å²) in [6, 6.07) is 17.3. The number of carbonyl (C=O) groups excluding carboxylic acids is 2. The molecule has 0 saturated heterocycles. The lowest BCUT2D eigenvalue weighted by molar-refractivity contribution is -0.117.